The molecule has 1 aliphatic rings. The summed E-state index contributed by atoms with van der Waals surface area (Å²) in [6.45, 7) is 4.96. The van der Waals surface area contributed by atoms with E-state index in [9.17, 15) is 13.2 Å². The van der Waals surface area contributed by atoms with Crippen LogP contribution in [0.5, 0.6) is 0 Å². The lowest BCUT2D eigenvalue weighted by Gasteiger charge is -2.35. The van der Waals surface area contributed by atoms with Crippen LogP contribution < -0.4 is 0 Å². The maximum atomic E-state index is 13.3. The van der Waals surface area contributed by atoms with Crippen molar-refractivity contribution < 1.29 is 17.9 Å². The molecule has 2 aromatic carbocycles. The van der Waals surface area contributed by atoms with Gasteiger partial charge in [-0.05, 0) is 37.6 Å². The summed E-state index contributed by atoms with van der Waals surface area (Å²) in [5.41, 5.74) is 1.16. The lowest BCUT2D eigenvalue weighted by atomic mass is 10.2. The summed E-state index contributed by atoms with van der Waals surface area (Å²) in [5.74, 6) is -0.332. The van der Waals surface area contributed by atoms with E-state index in [2.05, 4.69) is 0 Å². The van der Waals surface area contributed by atoms with Crippen LogP contribution in [0, 0.1) is 0 Å². The van der Waals surface area contributed by atoms with Crippen molar-refractivity contribution in [3.05, 3.63) is 64.3 Å². The quantitative estimate of drug-likeness (QED) is 0.521. The highest BCUT2D eigenvalue weighted by Crippen LogP contribution is 2.30. The normalized spacial score (nSPS) is 19.4. The summed E-state index contributed by atoms with van der Waals surface area (Å²) in [7, 11) is -3.73. The third-order valence-electron chi connectivity index (χ3n) is 5.53. The molecule has 1 amide bonds. The summed E-state index contributed by atoms with van der Waals surface area (Å²) in [4.78, 5) is 14.9. The van der Waals surface area contributed by atoms with Gasteiger partial charge in [0.1, 0.15) is 6.54 Å². The Kier molecular flexibility index (Phi) is 6.54. The summed E-state index contributed by atoms with van der Waals surface area (Å²) >= 11 is 12.1. The number of aromatic nitrogens is 1. The number of halogens is 2. The largest absolute Gasteiger partial charge is 0.372 e. The Morgan fingerprint density at radius 2 is 1.78 bits per heavy atom. The van der Waals surface area contributed by atoms with Crippen LogP contribution in [-0.4, -0.2) is 49.1 Å². The molecule has 1 aromatic heterocycles. The Hall–Kier alpha value is -2.06. The number of hydrogen-bond acceptors (Lipinski definition) is 4. The lowest BCUT2D eigenvalue weighted by molar-refractivity contribution is -0.143. The molecule has 0 spiro atoms. The van der Waals surface area contributed by atoms with Crippen molar-refractivity contribution in [3.8, 4) is 0 Å². The number of rotatable bonds is 5. The van der Waals surface area contributed by atoms with Gasteiger partial charge in [-0.25, -0.2) is 8.42 Å². The van der Waals surface area contributed by atoms with Gasteiger partial charge >= 0.3 is 0 Å². The fraction of sp³-hybridized carbons (Fsp3) is 0.348. The number of morpholine rings is 1. The van der Waals surface area contributed by atoms with Crippen molar-refractivity contribution in [1.29, 1.82) is 0 Å². The smallest absolute Gasteiger partial charge is 0.242 e. The van der Waals surface area contributed by atoms with Crippen LogP contribution in [0.25, 0.3) is 10.9 Å². The minimum Gasteiger partial charge on any atom is -0.372 e. The first-order chi connectivity index (χ1) is 15.1. The third-order valence-corrected chi connectivity index (χ3v) is 7.80. The van der Waals surface area contributed by atoms with Crippen LogP contribution in [0.15, 0.2) is 53.6 Å². The molecular formula is C23H24Cl2N2O4S. The van der Waals surface area contributed by atoms with Crippen molar-refractivity contribution >= 4 is 49.8 Å². The second-order valence-corrected chi connectivity index (χ2v) is 11.0. The highest BCUT2D eigenvalue weighted by atomic mass is 35.5. The Balaban J connectivity index is 1.66. The number of fused-ring (bicyclic) bond motifs is 1. The third kappa shape index (κ3) is 4.81. The number of para-hydroxylation sites is 1. The molecule has 0 N–H and O–H groups in total. The molecule has 32 heavy (non-hydrogen) atoms. The summed E-state index contributed by atoms with van der Waals surface area (Å²) < 4.78 is 34.1. The maximum absolute atomic E-state index is 13.3. The fourth-order valence-corrected chi connectivity index (χ4v) is 6.31. The minimum absolute atomic E-state index is 0.0378. The molecule has 4 rings (SSSR count). The molecule has 170 valence electrons. The molecule has 6 nitrogen and oxygen atoms in total. The number of amides is 1. The molecule has 1 saturated heterocycles. The van der Waals surface area contributed by atoms with Crippen molar-refractivity contribution in [3.63, 3.8) is 0 Å². The van der Waals surface area contributed by atoms with Gasteiger partial charge in [0.25, 0.3) is 0 Å². The summed E-state index contributed by atoms with van der Waals surface area (Å²) in [6, 6.07) is 12.0. The Bertz CT molecular complexity index is 1260. The predicted molar refractivity (Wildman–Crippen MR) is 126 cm³/mol. The van der Waals surface area contributed by atoms with Gasteiger partial charge in [-0.2, -0.15) is 0 Å². The van der Waals surface area contributed by atoms with Gasteiger partial charge in [0, 0.05) is 40.2 Å². The first-order valence-electron chi connectivity index (χ1n) is 10.3. The highest BCUT2D eigenvalue weighted by Gasteiger charge is 2.28. The Morgan fingerprint density at radius 1 is 1.09 bits per heavy atom. The van der Waals surface area contributed by atoms with Gasteiger partial charge in [-0.1, -0.05) is 47.5 Å². The van der Waals surface area contributed by atoms with Crippen molar-refractivity contribution in [2.45, 2.75) is 43.2 Å². The van der Waals surface area contributed by atoms with E-state index >= 15 is 0 Å². The number of nitrogens with zero attached hydrogens (tertiary/aromatic N) is 2. The molecule has 2 heterocycles. The Morgan fingerprint density at radius 3 is 2.47 bits per heavy atom. The van der Waals surface area contributed by atoms with Gasteiger partial charge in [0.2, 0.25) is 5.91 Å². The van der Waals surface area contributed by atoms with Crippen molar-refractivity contribution in [2.75, 3.05) is 13.1 Å². The molecule has 2 atom stereocenters. The topological polar surface area (TPSA) is 68.6 Å². The van der Waals surface area contributed by atoms with Gasteiger partial charge in [-0.15, -0.1) is 0 Å². The second kappa shape index (κ2) is 9.06. The zero-order valence-electron chi connectivity index (χ0n) is 17.8. The van der Waals surface area contributed by atoms with E-state index < -0.39 is 9.84 Å². The molecular weight excluding hydrogens is 471 g/mol. The number of carbonyl (C=O) groups excluding carboxylic acids is 1. The van der Waals surface area contributed by atoms with Crippen LogP contribution in [0.2, 0.25) is 10.0 Å². The SMILES string of the molecule is CC1CN(C(=O)Cn2cc(S(=O)(=O)Cc3ccc(Cl)cc3Cl)c3ccccc32)CC(C)O1. The molecule has 9 heteroatoms. The zero-order valence-corrected chi connectivity index (χ0v) is 20.1. The molecule has 0 bridgehead atoms. The number of benzene rings is 2. The first kappa shape index (κ1) is 23.1. The first-order valence-corrected chi connectivity index (χ1v) is 12.7. The van der Waals surface area contributed by atoms with Crippen LogP contribution in [-0.2, 0) is 31.7 Å². The number of sulfone groups is 1. The van der Waals surface area contributed by atoms with E-state index in [0.717, 1.165) is 0 Å². The van der Waals surface area contributed by atoms with Gasteiger partial charge in [-0.3, -0.25) is 4.79 Å². The van der Waals surface area contributed by atoms with Crippen LogP contribution in [0.4, 0.5) is 0 Å². The number of hydrogen-bond donors (Lipinski definition) is 0. The monoisotopic (exact) mass is 494 g/mol. The molecule has 3 aromatic rings. The minimum atomic E-state index is -3.73. The molecule has 0 radical (unpaired) electrons. The van der Waals surface area contributed by atoms with E-state index in [4.69, 9.17) is 27.9 Å². The zero-order chi connectivity index (χ0) is 23.0. The average Bonchev–Trinajstić information content (AvgIpc) is 3.09. The van der Waals surface area contributed by atoms with E-state index in [1.54, 1.807) is 39.9 Å². The van der Waals surface area contributed by atoms with Gasteiger partial charge in [0.15, 0.2) is 9.84 Å². The predicted octanol–water partition coefficient (Wildman–Crippen LogP) is 4.56. The molecule has 1 aliphatic heterocycles. The Labute approximate surface area is 197 Å². The van der Waals surface area contributed by atoms with Crippen LogP contribution in [0.3, 0.4) is 0 Å². The second-order valence-electron chi connectivity index (χ2n) is 8.19. The van der Waals surface area contributed by atoms with Crippen molar-refractivity contribution in [1.82, 2.24) is 9.47 Å². The number of carbonyl (C=O) groups is 1. The van der Waals surface area contributed by atoms with Crippen LogP contribution in [0.1, 0.15) is 19.4 Å². The van der Waals surface area contributed by atoms with Crippen molar-refractivity contribution in [2.24, 2.45) is 0 Å². The molecule has 0 aliphatic carbocycles. The van der Waals surface area contributed by atoms with Crippen LogP contribution >= 0.6 is 23.2 Å². The lowest BCUT2D eigenvalue weighted by Crippen LogP contribution is -2.49. The van der Waals surface area contributed by atoms with Gasteiger partial charge < -0.3 is 14.2 Å². The van der Waals surface area contributed by atoms with E-state index in [1.807, 2.05) is 26.0 Å². The maximum Gasteiger partial charge on any atom is 0.242 e. The van der Waals surface area contributed by atoms with E-state index in [0.29, 0.717) is 39.6 Å². The standard InChI is InChI=1S/C23H24Cl2N2O4S/c1-15-10-27(11-16(2)31-15)23(28)13-26-12-22(19-5-3-4-6-21(19)26)32(29,30)14-17-7-8-18(24)9-20(17)25/h3-9,12,15-16H,10-11,13-14H2,1-2H3. The summed E-state index contributed by atoms with van der Waals surface area (Å²) in [5, 5.41) is 1.32. The van der Waals surface area contributed by atoms with E-state index in [-0.39, 0.29) is 35.3 Å². The highest BCUT2D eigenvalue weighted by molar-refractivity contribution is 7.90. The summed E-state index contributed by atoms with van der Waals surface area (Å²) in [6.07, 6.45) is 1.48. The fourth-order valence-electron chi connectivity index (χ4n) is 4.14. The molecule has 2 unspecified atom stereocenters. The van der Waals surface area contributed by atoms with E-state index in [1.165, 1.54) is 6.07 Å². The van der Waals surface area contributed by atoms with Gasteiger partial charge in [0.05, 0.1) is 22.9 Å². The average molecular weight is 495 g/mol. The molecule has 1 fully saturated rings. The number of ether oxygens (including phenoxy) is 1. The molecule has 0 saturated carbocycles.